The van der Waals surface area contributed by atoms with E-state index >= 15 is 0 Å². The first kappa shape index (κ1) is 19.7. The largest absolute Gasteiger partial charge is 0.458 e. The van der Waals surface area contributed by atoms with Crippen molar-refractivity contribution in [1.29, 1.82) is 0 Å². The van der Waals surface area contributed by atoms with Gasteiger partial charge in [0, 0.05) is 36.4 Å². The van der Waals surface area contributed by atoms with Crippen molar-refractivity contribution < 1.29 is 19.1 Å². The standard InChI is InChI=1S/C20H21N3O4S/c1-23(2)15-5-3-14(4-6-15)22-20(26)19(25)21-11-16(24)18-8-7-17(27-18)13-9-10-28-12-13/h3-10,12,16,24H,11H2,1-2H3,(H,21,25)(H,22,26)/t16-/m0/s1. The molecule has 0 aliphatic rings. The van der Waals surface area contributed by atoms with E-state index in [2.05, 4.69) is 10.6 Å². The van der Waals surface area contributed by atoms with Gasteiger partial charge in [-0.3, -0.25) is 9.59 Å². The molecule has 146 valence electrons. The van der Waals surface area contributed by atoms with Crippen molar-refractivity contribution >= 4 is 34.5 Å². The minimum absolute atomic E-state index is 0.136. The van der Waals surface area contributed by atoms with Gasteiger partial charge in [0.15, 0.2) is 0 Å². The van der Waals surface area contributed by atoms with Crippen molar-refractivity contribution in [2.45, 2.75) is 6.10 Å². The fourth-order valence-corrected chi connectivity index (χ4v) is 3.14. The summed E-state index contributed by atoms with van der Waals surface area (Å²) in [6.45, 7) is -0.136. The first-order chi connectivity index (χ1) is 13.4. The number of thiophene rings is 1. The molecule has 0 fully saturated rings. The second-order valence-corrected chi connectivity index (χ2v) is 7.12. The maximum absolute atomic E-state index is 12.0. The van der Waals surface area contributed by atoms with Crippen molar-refractivity contribution in [3.05, 3.63) is 59.0 Å². The molecule has 3 rings (SSSR count). The second-order valence-electron chi connectivity index (χ2n) is 6.34. The molecule has 0 unspecified atom stereocenters. The van der Waals surface area contributed by atoms with E-state index in [0.717, 1.165) is 11.3 Å². The van der Waals surface area contributed by atoms with Crippen LogP contribution in [0.2, 0.25) is 0 Å². The number of aliphatic hydroxyl groups excluding tert-OH is 1. The molecule has 1 aromatic carbocycles. The number of carbonyl (C=O) groups excluding carboxylic acids is 2. The van der Waals surface area contributed by atoms with Crippen molar-refractivity contribution in [3.8, 4) is 11.3 Å². The topological polar surface area (TPSA) is 94.8 Å². The van der Waals surface area contributed by atoms with E-state index in [4.69, 9.17) is 4.42 Å². The van der Waals surface area contributed by atoms with E-state index in [-0.39, 0.29) is 6.54 Å². The van der Waals surface area contributed by atoms with Gasteiger partial charge in [0.25, 0.3) is 0 Å². The third-order valence-corrected chi connectivity index (χ3v) is 4.75. The number of hydrogen-bond acceptors (Lipinski definition) is 6. The lowest BCUT2D eigenvalue weighted by Gasteiger charge is -2.13. The lowest BCUT2D eigenvalue weighted by Crippen LogP contribution is -2.37. The van der Waals surface area contributed by atoms with Crippen LogP contribution in [0.4, 0.5) is 11.4 Å². The molecule has 0 bridgehead atoms. The quantitative estimate of drug-likeness (QED) is 0.554. The molecule has 0 radical (unpaired) electrons. The molecule has 2 aromatic heterocycles. The molecule has 2 amide bonds. The third kappa shape index (κ3) is 4.79. The highest BCUT2D eigenvalue weighted by molar-refractivity contribution is 7.08. The summed E-state index contributed by atoms with van der Waals surface area (Å²) in [5.41, 5.74) is 2.41. The molecule has 8 heteroatoms. The highest BCUT2D eigenvalue weighted by atomic mass is 32.1. The SMILES string of the molecule is CN(C)c1ccc(NC(=O)C(=O)NC[C@H](O)c2ccc(-c3ccsc3)o2)cc1. The minimum atomic E-state index is -1.05. The fourth-order valence-electron chi connectivity index (χ4n) is 2.49. The predicted molar refractivity (Wildman–Crippen MR) is 109 cm³/mol. The van der Waals surface area contributed by atoms with Crippen LogP contribution in [0.5, 0.6) is 0 Å². The van der Waals surface area contributed by atoms with Crippen molar-refractivity contribution in [3.63, 3.8) is 0 Å². The Kier molecular flexibility index (Phi) is 6.13. The molecule has 0 saturated heterocycles. The summed E-state index contributed by atoms with van der Waals surface area (Å²) in [7, 11) is 3.82. The van der Waals surface area contributed by atoms with Crippen molar-refractivity contribution in [2.24, 2.45) is 0 Å². The van der Waals surface area contributed by atoms with E-state index < -0.39 is 17.9 Å². The molecular formula is C20H21N3O4S. The maximum Gasteiger partial charge on any atom is 0.313 e. The number of hydrogen-bond donors (Lipinski definition) is 3. The molecule has 3 N–H and O–H groups in total. The number of amides is 2. The molecule has 28 heavy (non-hydrogen) atoms. The molecule has 2 heterocycles. The number of aliphatic hydroxyl groups is 1. The van der Waals surface area contributed by atoms with Gasteiger partial charge in [-0.1, -0.05) is 0 Å². The molecule has 0 saturated carbocycles. The van der Waals surface area contributed by atoms with Crippen LogP contribution in [0.25, 0.3) is 11.3 Å². The minimum Gasteiger partial charge on any atom is -0.458 e. The second kappa shape index (κ2) is 8.73. The summed E-state index contributed by atoms with van der Waals surface area (Å²) in [6, 6.07) is 12.4. The van der Waals surface area contributed by atoms with Gasteiger partial charge in [0.1, 0.15) is 17.6 Å². The van der Waals surface area contributed by atoms with Gasteiger partial charge in [-0.15, -0.1) is 0 Å². The summed E-state index contributed by atoms with van der Waals surface area (Å²) < 4.78 is 5.61. The normalized spacial score (nSPS) is 11.7. The molecule has 7 nitrogen and oxygen atoms in total. The summed E-state index contributed by atoms with van der Waals surface area (Å²) in [6.07, 6.45) is -1.05. The van der Waals surface area contributed by atoms with E-state index in [9.17, 15) is 14.7 Å². The highest BCUT2D eigenvalue weighted by Gasteiger charge is 2.18. The Balaban J connectivity index is 1.51. The molecule has 0 aliphatic carbocycles. The molecule has 0 spiro atoms. The summed E-state index contributed by atoms with van der Waals surface area (Å²) in [5, 5.41) is 19.0. The van der Waals surface area contributed by atoms with Crippen LogP contribution in [-0.4, -0.2) is 37.6 Å². The van der Waals surface area contributed by atoms with E-state index in [1.807, 2.05) is 48.0 Å². The Labute approximate surface area is 166 Å². The van der Waals surface area contributed by atoms with Gasteiger partial charge in [0.05, 0.1) is 6.54 Å². The van der Waals surface area contributed by atoms with Gasteiger partial charge >= 0.3 is 11.8 Å². The zero-order valence-electron chi connectivity index (χ0n) is 15.5. The number of furan rings is 1. The third-order valence-electron chi connectivity index (χ3n) is 4.06. The van der Waals surface area contributed by atoms with Gasteiger partial charge in [-0.25, -0.2) is 0 Å². The summed E-state index contributed by atoms with van der Waals surface area (Å²) in [5.74, 6) is -0.676. The Morgan fingerprint density at radius 1 is 1.11 bits per heavy atom. The average Bonchev–Trinajstić information content (AvgIpc) is 3.37. The maximum atomic E-state index is 12.0. The van der Waals surface area contributed by atoms with Gasteiger partial charge in [0.2, 0.25) is 0 Å². The van der Waals surface area contributed by atoms with Gasteiger partial charge in [-0.2, -0.15) is 11.3 Å². The van der Waals surface area contributed by atoms with E-state index in [0.29, 0.717) is 17.2 Å². The number of nitrogens with one attached hydrogen (secondary N) is 2. The zero-order chi connectivity index (χ0) is 20.1. The lowest BCUT2D eigenvalue weighted by molar-refractivity contribution is -0.136. The number of nitrogens with zero attached hydrogens (tertiary/aromatic N) is 1. The molecule has 1 atom stereocenters. The first-order valence-corrected chi connectivity index (χ1v) is 9.55. The Bertz CT molecular complexity index is 933. The van der Waals surface area contributed by atoms with Crippen LogP contribution in [-0.2, 0) is 9.59 Å². The Hall–Kier alpha value is -3.10. The van der Waals surface area contributed by atoms with Crippen molar-refractivity contribution in [1.82, 2.24) is 5.32 Å². The van der Waals surface area contributed by atoms with Crippen molar-refractivity contribution in [2.75, 3.05) is 30.9 Å². The fraction of sp³-hybridized carbons (Fsp3) is 0.200. The Morgan fingerprint density at radius 3 is 2.50 bits per heavy atom. The number of rotatable bonds is 6. The monoisotopic (exact) mass is 399 g/mol. The molecular weight excluding hydrogens is 378 g/mol. The Morgan fingerprint density at radius 2 is 1.86 bits per heavy atom. The summed E-state index contributed by atoms with van der Waals surface area (Å²) >= 11 is 1.55. The van der Waals surface area contributed by atoms with Crippen LogP contribution in [0.15, 0.2) is 57.6 Å². The molecule has 0 aliphatic heterocycles. The van der Waals surface area contributed by atoms with Crippen LogP contribution in [0, 0.1) is 0 Å². The first-order valence-electron chi connectivity index (χ1n) is 8.61. The number of carbonyl (C=O) groups is 2. The molecule has 3 aromatic rings. The van der Waals surface area contributed by atoms with Crippen LogP contribution in [0.3, 0.4) is 0 Å². The van der Waals surface area contributed by atoms with E-state index in [1.54, 1.807) is 35.6 Å². The van der Waals surface area contributed by atoms with Crippen LogP contribution >= 0.6 is 11.3 Å². The predicted octanol–water partition coefficient (Wildman–Crippen LogP) is 2.86. The lowest BCUT2D eigenvalue weighted by atomic mass is 10.2. The summed E-state index contributed by atoms with van der Waals surface area (Å²) in [4.78, 5) is 25.9. The van der Waals surface area contributed by atoms with Gasteiger partial charge < -0.3 is 25.1 Å². The zero-order valence-corrected chi connectivity index (χ0v) is 16.3. The number of anilines is 2. The van der Waals surface area contributed by atoms with Crippen LogP contribution in [0.1, 0.15) is 11.9 Å². The average molecular weight is 399 g/mol. The number of benzene rings is 1. The van der Waals surface area contributed by atoms with E-state index in [1.165, 1.54) is 0 Å². The highest BCUT2D eigenvalue weighted by Crippen LogP contribution is 2.26. The van der Waals surface area contributed by atoms with Crippen LogP contribution < -0.4 is 15.5 Å². The van der Waals surface area contributed by atoms with Gasteiger partial charge in [-0.05, 0) is 47.8 Å². The smallest absolute Gasteiger partial charge is 0.313 e.